The van der Waals surface area contributed by atoms with Crippen molar-refractivity contribution in [3.05, 3.63) is 64.7 Å². The maximum absolute atomic E-state index is 12.1. The van der Waals surface area contributed by atoms with Crippen LogP contribution in [0, 0.1) is 6.92 Å². The fourth-order valence-electron chi connectivity index (χ4n) is 3.40. The van der Waals surface area contributed by atoms with Gasteiger partial charge in [-0.15, -0.1) is 0 Å². The zero-order chi connectivity index (χ0) is 24.6. The Bertz CT molecular complexity index is 977. The summed E-state index contributed by atoms with van der Waals surface area (Å²) in [6.45, 7) is 15.8. The third kappa shape index (κ3) is 7.34. The maximum atomic E-state index is 12.1. The Hall–Kier alpha value is -2.82. The Morgan fingerprint density at radius 1 is 1.00 bits per heavy atom. The number of nitrogens with zero attached hydrogens (tertiary/aromatic N) is 1. The highest BCUT2D eigenvalue weighted by Crippen LogP contribution is 2.38. The van der Waals surface area contributed by atoms with Crippen molar-refractivity contribution < 1.29 is 14.4 Å². The van der Waals surface area contributed by atoms with Gasteiger partial charge < -0.3 is 15.3 Å². The highest BCUT2D eigenvalue weighted by Gasteiger charge is 2.26. The van der Waals surface area contributed by atoms with Crippen LogP contribution in [0.15, 0.2) is 47.6 Å². The molecule has 0 spiro atoms. The van der Waals surface area contributed by atoms with E-state index in [9.17, 15) is 4.79 Å². The van der Waals surface area contributed by atoms with E-state index in [1.807, 2.05) is 31.2 Å². The molecule has 2 aromatic rings. The highest BCUT2D eigenvalue weighted by atomic mass is 16.7. The summed E-state index contributed by atoms with van der Waals surface area (Å²) in [5.41, 5.74) is 10.3. The smallest absolute Gasteiger partial charge is 0.335 e. The summed E-state index contributed by atoms with van der Waals surface area (Å²) in [6.07, 6.45) is 2.81. The molecule has 0 aromatic heterocycles. The normalized spacial score (nSPS) is 12.5. The summed E-state index contributed by atoms with van der Waals surface area (Å²) >= 11 is 0. The lowest BCUT2D eigenvalue weighted by Crippen LogP contribution is -2.21. The van der Waals surface area contributed by atoms with Crippen molar-refractivity contribution in [1.29, 1.82) is 0 Å². The number of hydrogen-bond donors (Lipinski definition) is 1. The molecule has 2 N–H and O–H groups in total. The molecule has 0 atom stereocenters. The molecule has 0 aliphatic rings. The summed E-state index contributed by atoms with van der Waals surface area (Å²) in [7, 11) is 0. The van der Waals surface area contributed by atoms with Gasteiger partial charge in [0.05, 0.1) is 13.0 Å². The molecule has 0 unspecified atom stereocenters. The number of benzene rings is 2. The Kier molecular flexibility index (Phi) is 9.09. The molecule has 5 nitrogen and oxygen atoms in total. The number of carbonyl (C=O) groups excluding carboxylic acids is 1. The van der Waals surface area contributed by atoms with Crippen molar-refractivity contribution >= 4 is 11.8 Å². The first-order valence-corrected chi connectivity index (χ1v) is 11.9. The molecule has 33 heavy (non-hydrogen) atoms. The van der Waals surface area contributed by atoms with E-state index >= 15 is 0 Å². The molecule has 180 valence electrons. The molecule has 0 saturated heterocycles. The first-order valence-electron chi connectivity index (χ1n) is 11.9. The number of aryl methyl sites for hydroxylation is 1. The average molecular weight is 453 g/mol. The first-order chi connectivity index (χ1) is 15.5. The molecule has 2 aromatic carbocycles. The van der Waals surface area contributed by atoms with Gasteiger partial charge in [0, 0.05) is 11.1 Å². The number of hydrogen-bond acceptors (Lipinski definition) is 4. The van der Waals surface area contributed by atoms with Gasteiger partial charge >= 0.3 is 5.97 Å². The highest BCUT2D eigenvalue weighted by molar-refractivity contribution is 5.97. The Morgan fingerprint density at radius 2 is 1.70 bits per heavy atom. The zero-order valence-corrected chi connectivity index (χ0v) is 21.3. The lowest BCUT2D eigenvalue weighted by atomic mass is 9.76. The van der Waals surface area contributed by atoms with Crippen LogP contribution in [0.5, 0.6) is 5.75 Å². The second-order valence-electron chi connectivity index (χ2n) is 9.95. The van der Waals surface area contributed by atoms with E-state index in [1.165, 1.54) is 11.1 Å². The summed E-state index contributed by atoms with van der Waals surface area (Å²) in [5, 5.41) is 3.77. The number of ether oxygens (including phenoxy) is 1. The zero-order valence-electron chi connectivity index (χ0n) is 21.3. The fraction of sp³-hybridized carbons (Fsp3) is 0.500. The van der Waals surface area contributed by atoms with Gasteiger partial charge in [0.15, 0.2) is 5.84 Å². The summed E-state index contributed by atoms with van der Waals surface area (Å²) in [5.74, 6) is 0.640. The molecular weight excluding hydrogens is 412 g/mol. The topological polar surface area (TPSA) is 73.9 Å². The van der Waals surface area contributed by atoms with E-state index in [-0.39, 0.29) is 23.1 Å². The number of amidine groups is 1. The van der Waals surface area contributed by atoms with Crippen molar-refractivity contribution in [3.8, 4) is 5.75 Å². The van der Waals surface area contributed by atoms with Crippen LogP contribution in [0.3, 0.4) is 0 Å². The third-order valence-corrected chi connectivity index (χ3v) is 6.60. The van der Waals surface area contributed by atoms with Gasteiger partial charge in [-0.3, -0.25) is 0 Å². The first kappa shape index (κ1) is 26.4. The third-order valence-electron chi connectivity index (χ3n) is 6.60. The van der Waals surface area contributed by atoms with Crippen LogP contribution in [-0.4, -0.2) is 18.4 Å². The number of carbonyl (C=O) groups is 1. The molecule has 0 radical (unpaired) electrons. The van der Waals surface area contributed by atoms with Crippen LogP contribution in [0.25, 0.3) is 0 Å². The maximum Gasteiger partial charge on any atom is 0.335 e. The Balaban J connectivity index is 1.96. The molecule has 0 fully saturated rings. The standard InChI is InChI=1S/C28H40N2O3/c1-8-27(4,5)22-15-16-24(23(19-22)28(6,7)9-2)32-17-11-14-25(31)33-30-26(29)21-13-10-12-20(3)18-21/h10,12-13,15-16,18-19H,8-9,11,14,17H2,1-7H3,(H2,29,30). The monoisotopic (exact) mass is 452 g/mol. The van der Waals surface area contributed by atoms with Gasteiger partial charge in [-0.2, -0.15) is 0 Å². The number of nitrogens with two attached hydrogens (primary N) is 1. The van der Waals surface area contributed by atoms with E-state index in [0.717, 1.165) is 29.7 Å². The van der Waals surface area contributed by atoms with E-state index in [4.69, 9.17) is 15.3 Å². The van der Waals surface area contributed by atoms with Crippen LogP contribution in [-0.2, 0) is 20.5 Å². The summed E-state index contributed by atoms with van der Waals surface area (Å²) in [6, 6.07) is 14.1. The van der Waals surface area contributed by atoms with Crippen molar-refractivity contribution in [2.45, 2.75) is 85.0 Å². The largest absolute Gasteiger partial charge is 0.493 e. The molecule has 0 aliphatic heterocycles. The second-order valence-corrected chi connectivity index (χ2v) is 9.95. The van der Waals surface area contributed by atoms with Gasteiger partial charge in [0.2, 0.25) is 0 Å². The van der Waals surface area contributed by atoms with E-state index < -0.39 is 5.97 Å². The fourth-order valence-corrected chi connectivity index (χ4v) is 3.40. The van der Waals surface area contributed by atoms with Gasteiger partial charge in [-0.25, -0.2) is 4.79 Å². The number of rotatable bonds is 11. The summed E-state index contributed by atoms with van der Waals surface area (Å²) in [4.78, 5) is 17.1. The minimum absolute atomic E-state index is 0.00384. The van der Waals surface area contributed by atoms with Gasteiger partial charge in [0.1, 0.15) is 5.75 Å². The number of oxime groups is 1. The van der Waals surface area contributed by atoms with Crippen LogP contribution >= 0.6 is 0 Å². The van der Waals surface area contributed by atoms with Crippen LogP contribution in [0.1, 0.15) is 89.5 Å². The average Bonchev–Trinajstić information content (AvgIpc) is 2.80. The minimum Gasteiger partial charge on any atom is -0.493 e. The van der Waals surface area contributed by atoms with Crippen LogP contribution in [0.2, 0.25) is 0 Å². The molecule has 2 rings (SSSR count). The lowest BCUT2D eigenvalue weighted by molar-refractivity contribution is -0.143. The molecule has 0 saturated carbocycles. The molecule has 0 amide bonds. The molecule has 0 heterocycles. The lowest BCUT2D eigenvalue weighted by Gasteiger charge is -2.30. The van der Waals surface area contributed by atoms with Gasteiger partial charge in [-0.1, -0.05) is 82.6 Å². The molecule has 5 heteroatoms. The Morgan fingerprint density at radius 3 is 2.33 bits per heavy atom. The van der Waals surface area contributed by atoms with Crippen molar-refractivity contribution in [1.82, 2.24) is 0 Å². The summed E-state index contributed by atoms with van der Waals surface area (Å²) < 4.78 is 6.12. The van der Waals surface area contributed by atoms with Crippen LogP contribution in [0.4, 0.5) is 0 Å². The predicted molar refractivity (Wildman–Crippen MR) is 136 cm³/mol. The van der Waals surface area contributed by atoms with Crippen LogP contribution < -0.4 is 10.5 Å². The van der Waals surface area contributed by atoms with Crippen molar-refractivity contribution in [3.63, 3.8) is 0 Å². The second kappa shape index (κ2) is 11.4. The van der Waals surface area contributed by atoms with E-state index in [0.29, 0.717) is 13.0 Å². The van der Waals surface area contributed by atoms with Gasteiger partial charge in [-0.05, 0) is 54.7 Å². The molecule has 0 bridgehead atoms. The molecular formula is C28H40N2O3. The van der Waals surface area contributed by atoms with E-state index in [2.05, 4.69) is 64.9 Å². The van der Waals surface area contributed by atoms with Crippen molar-refractivity contribution in [2.24, 2.45) is 10.9 Å². The minimum atomic E-state index is -0.427. The van der Waals surface area contributed by atoms with Crippen molar-refractivity contribution in [2.75, 3.05) is 6.61 Å². The SMILES string of the molecule is CCC(C)(C)c1ccc(OCCCC(=O)O/N=C(\N)c2cccc(C)c2)c(C(C)(C)CC)c1. The molecule has 0 aliphatic carbocycles. The van der Waals surface area contributed by atoms with E-state index in [1.54, 1.807) is 0 Å². The predicted octanol–water partition coefficient (Wildman–Crippen LogP) is 6.39. The Labute approximate surface area is 199 Å². The quantitative estimate of drug-likeness (QED) is 0.141. The van der Waals surface area contributed by atoms with Gasteiger partial charge in [0.25, 0.3) is 0 Å².